The number of aryl methyl sites for hydroxylation is 1. The van der Waals surface area contributed by atoms with Crippen molar-refractivity contribution >= 4 is 16.9 Å². The van der Waals surface area contributed by atoms with E-state index in [1.165, 1.54) is 16.6 Å². The Morgan fingerprint density at radius 1 is 1.27 bits per heavy atom. The van der Waals surface area contributed by atoms with Crippen molar-refractivity contribution in [3.05, 3.63) is 35.5 Å². The molecule has 4 heteroatoms. The van der Waals surface area contributed by atoms with Crippen molar-refractivity contribution in [1.82, 2.24) is 15.6 Å². The lowest BCUT2D eigenvalue weighted by Gasteiger charge is -2.20. The van der Waals surface area contributed by atoms with E-state index in [-0.39, 0.29) is 12.1 Å². The Morgan fingerprint density at radius 2 is 2.00 bits per heavy atom. The fraction of sp³-hybridized carbons (Fsp3) is 0.500. The average Bonchev–Trinajstić information content (AvgIpc) is 2.82. The molecular weight excluding hydrogens is 274 g/mol. The fourth-order valence-electron chi connectivity index (χ4n) is 2.71. The zero-order valence-corrected chi connectivity index (χ0v) is 14.0. The number of urea groups is 1. The van der Waals surface area contributed by atoms with Crippen LogP contribution in [-0.2, 0) is 6.42 Å². The van der Waals surface area contributed by atoms with Gasteiger partial charge in [0.2, 0.25) is 0 Å². The van der Waals surface area contributed by atoms with E-state index in [1.54, 1.807) is 0 Å². The lowest BCUT2D eigenvalue weighted by atomic mass is 10.0. The van der Waals surface area contributed by atoms with Crippen LogP contribution in [0.3, 0.4) is 0 Å². The highest BCUT2D eigenvalue weighted by Crippen LogP contribution is 2.21. The predicted molar refractivity (Wildman–Crippen MR) is 92.2 cm³/mol. The third-order valence-electron chi connectivity index (χ3n) is 4.54. The first-order valence-electron chi connectivity index (χ1n) is 8.13. The molecule has 2 unspecified atom stereocenters. The minimum absolute atomic E-state index is 0.0784. The van der Waals surface area contributed by atoms with E-state index >= 15 is 0 Å². The van der Waals surface area contributed by atoms with Crippen molar-refractivity contribution in [2.75, 3.05) is 6.54 Å². The third kappa shape index (κ3) is 3.81. The lowest BCUT2D eigenvalue weighted by Crippen LogP contribution is -2.43. The second kappa shape index (κ2) is 7.34. The summed E-state index contributed by atoms with van der Waals surface area (Å²) in [7, 11) is 0. The maximum atomic E-state index is 11.9. The smallest absolute Gasteiger partial charge is 0.315 e. The largest absolute Gasteiger partial charge is 0.358 e. The van der Waals surface area contributed by atoms with Gasteiger partial charge in [-0.2, -0.15) is 0 Å². The second-order valence-corrected chi connectivity index (χ2v) is 6.10. The Hall–Kier alpha value is -1.97. The van der Waals surface area contributed by atoms with E-state index in [0.717, 1.165) is 18.4 Å². The summed E-state index contributed by atoms with van der Waals surface area (Å²) in [6.45, 7) is 9.07. The Balaban J connectivity index is 1.88. The molecule has 0 bridgehead atoms. The van der Waals surface area contributed by atoms with E-state index < -0.39 is 0 Å². The number of para-hydroxylation sites is 1. The number of carbonyl (C=O) groups is 1. The molecule has 0 saturated carbocycles. The van der Waals surface area contributed by atoms with E-state index in [1.807, 2.05) is 12.1 Å². The first-order chi connectivity index (χ1) is 10.5. The molecule has 0 saturated heterocycles. The maximum absolute atomic E-state index is 11.9. The van der Waals surface area contributed by atoms with E-state index in [9.17, 15) is 4.79 Å². The number of aromatic amines is 1. The van der Waals surface area contributed by atoms with Crippen molar-refractivity contribution < 1.29 is 4.79 Å². The summed E-state index contributed by atoms with van der Waals surface area (Å²) in [5.41, 5.74) is 3.62. The van der Waals surface area contributed by atoms with Gasteiger partial charge >= 0.3 is 6.03 Å². The van der Waals surface area contributed by atoms with Crippen molar-refractivity contribution in [2.45, 2.75) is 46.6 Å². The van der Waals surface area contributed by atoms with Gasteiger partial charge in [-0.25, -0.2) is 4.79 Å². The predicted octanol–water partition coefficient (Wildman–Crippen LogP) is 3.75. The highest BCUT2D eigenvalue weighted by molar-refractivity contribution is 5.84. The molecule has 22 heavy (non-hydrogen) atoms. The number of fused-ring (bicyclic) bond motifs is 1. The number of hydrogen-bond acceptors (Lipinski definition) is 1. The van der Waals surface area contributed by atoms with Gasteiger partial charge < -0.3 is 15.6 Å². The number of hydrogen-bond donors (Lipinski definition) is 3. The highest BCUT2D eigenvalue weighted by Gasteiger charge is 2.13. The molecule has 0 spiro atoms. The summed E-state index contributed by atoms with van der Waals surface area (Å²) in [6, 6.07) is 8.40. The van der Waals surface area contributed by atoms with Crippen LogP contribution in [0.2, 0.25) is 0 Å². The van der Waals surface area contributed by atoms with Crippen LogP contribution in [0.5, 0.6) is 0 Å². The van der Waals surface area contributed by atoms with E-state index in [4.69, 9.17) is 0 Å². The number of benzene rings is 1. The molecule has 0 aliphatic rings. The number of H-pyrrole nitrogens is 1. The van der Waals surface area contributed by atoms with Crippen molar-refractivity contribution in [2.24, 2.45) is 5.92 Å². The maximum Gasteiger partial charge on any atom is 0.315 e. The topological polar surface area (TPSA) is 56.9 Å². The first-order valence-corrected chi connectivity index (χ1v) is 8.13. The summed E-state index contributed by atoms with van der Waals surface area (Å²) in [4.78, 5) is 15.3. The van der Waals surface area contributed by atoms with Crippen LogP contribution in [0.25, 0.3) is 10.9 Å². The molecule has 1 aromatic heterocycles. The zero-order chi connectivity index (χ0) is 16.1. The monoisotopic (exact) mass is 301 g/mol. The summed E-state index contributed by atoms with van der Waals surface area (Å²) in [5, 5.41) is 7.21. The van der Waals surface area contributed by atoms with E-state index in [2.05, 4.69) is 55.4 Å². The van der Waals surface area contributed by atoms with Crippen molar-refractivity contribution in [3.63, 3.8) is 0 Å². The van der Waals surface area contributed by atoms with Crippen molar-refractivity contribution in [1.29, 1.82) is 0 Å². The normalized spacial score (nSPS) is 13.8. The zero-order valence-electron chi connectivity index (χ0n) is 14.0. The van der Waals surface area contributed by atoms with Crippen LogP contribution in [0.4, 0.5) is 4.79 Å². The standard InChI is InChI=1S/C18H27N3O/c1-5-12(2)13(3)21-18(22)19-11-10-15-14(4)20-17-9-7-6-8-16(15)17/h6-9,12-13,20H,5,10-11H2,1-4H3,(H2,19,21,22). The van der Waals surface area contributed by atoms with Crippen LogP contribution in [0.15, 0.2) is 24.3 Å². The number of amides is 2. The number of nitrogens with one attached hydrogen (secondary N) is 3. The number of aromatic nitrogens is 1. The minimum atomic E-state index is -0.0784. The van der Waals surface area contributed by atoms with E-state index in [0.29, 0.717) is 12.5 Å². The fourth-order valence-corrected chi connectivity index (χ4v) is 2.71. The molecule has 0 radical (unpaired) electrons. The van der Waals surface area contributed by atoms with Gasteiger partial charge in [0.05, 0.1) is 0 Å². The van der Waals surface area contributed by atoms with Gasteiger partial charge in [-0.1, -0.05) is 38.5 Å². The Labute approximate surface area is 132 Å². The number of carbonyl (C=O) groups excluding carboxylic acids is 1. The molecule has 4 nitrogen and oxygen atoms in total. The second-order valence-electron chi connectivity index (χ2n) is 6.10. The molecule has 2 rings (SSSR count). The molecule has 2 atom stereocenters. The molecule has 0 fully saturated rings. The Morgan fingerprint density at radius 3 is 2.73 bits per heavy atom. The van der Waals surface area contributed by atoms with Crippen molar-refractivity contribution in [3.8, 4) is 0 Å². The lowest BCUT2D eigenvalue weighted by molar-refractivity contribution is 0.233. The van der Waals surface area contributed by atoms with Gasteiger partial charge in [-0.05, 0) is 37.8 Å². The van der Waals surface area contributed by atoms with Crippen LogP contribution >= 0.6 is 0 Å². The third-order valence-corrected chi connectivity index (χ3v) is 4.54. The Kier molecular flexibility index (Phi) is 5.47. The molecule has 2 amide bonds. The summed E-state index contributed by atoms with van der Waals surface area (Å²) < 4.78 is 0. The summed E-state index contributed by atoms with van der Waals surface area (Å²) in [6.07, 6.45) is 1.90. The van der Waals surface area contributed by atoms with Crippen LogP contribution in [0.1, 0.15) is 38.4 Å². The van der Waals surface area contributed by atoms with Gasteiger partial charge in [0, 0.05) is 29.2 Å². The molecule has 0 aliphatic carbocycles. The van der Waals surface area contributed by atoms with Crippen LogP contribution < -0.4 is 10.6 Å². The van der Waals surface area contributed by atoms with Gasteiger partial charge in [0.15, 0.2) is 0 Å². The SMILES string of the molecule is CCC(C)C(C)NC(=O)NCCc1c(C)[nH]c2ccccc12. The summed E-state index contributed by atoms with van der Waals surface area (Å²) in [5.74, 6) is 0.488. The quantitative estimate of drug-likeness (QED) is 0.747. The van der Waals surface area contributed by atoms with Gasteiger partial charge in [0.25, 0.3) is 0 Å². The average molecular weight is 301 g/mol. The summed E-state index contributed by atoms with van der Waals surface area (Å²) >= 11 is 0. The minimum Gasteiger partial charge on any atom is -0.358 e. The molecule has 3 N–H and O–H groups in total. The first kappa shape index (κ1) is 16.4. The Bertz CT molecular complexity index is 632. The molecule has 2 aromatic rings. The molecule has 1 heterocycles. The highest BCUT2D eigenvalue weighted by atomic mass is 16.2. The van der Waals surface area contributed by atoms with Gasteiger partial charge in [-0.15, -0.1) is 0 Å². The molecule has 120 valence electrons. The molecule has 1 aromatic carbocycles. The van der Waals surface area contributed by atoms with Crippen LogP contribution in [-0.4, -0.2) is 23.6 Å². The van der Waals surface area contributed by atoms with Gasteiger partial charge in [-0.3, -0.25) is 0 Å². The molecular formula is C18H27N3O. The molecule has 0 aliphatic heterocycles. The van der Waals surface area contributed by atoms with Crippen LogP contribution in [0, 0.1) is 12.8 Å². The van der Waals surface area contributed by atoms with Gasteiger partial charge in [0.1, 0.15) is 0 Å². The number of rotatable bonds is 6.